The molecule has 0 unspecified atom stereocenters. The minimum Gasteiger partial charge on any atom is -0.377 e. The number of H-pyrrole nitrogens is 1. The van der Waals surface area contributed by atoms with Gasteiger partial charge in [0.25, 0.3) is 5.91 Å². The van der Waals surface area contributed by atoms with E-state index in [2.05, 4.69) is 15.0 Å². The van der Waals surface area contributed by atoms with Crippen molar-refractivity contribution in [1.82, 2.24) is 19.9 Å². The second-order valence-electron chi connectivity index (χ2n) is 5.21. The number of carbonyl (C=O) groups excluding carboxylic acids is 1. The molecule has 0 radical (unpaired) electrons. The van der Waals surface area contributed by atoms with Gasteiger partial charge in [0.2, 0.25) is 0 Å². The van der Waals surface area contributed by atoms with E-state index in [1.807, 2.05) is 26.0 Å². The molecule has 0 aliphatic carbocycles. The van der Waals surface area contributed by atoms with E-state index in [-0.39, 0.29) is 11.9 Å². The molecular formula is C15H18N4O2. The number of nitrogens with zero attached hydrogens (tertiary/aromatic N) is 3. The van der Waals surface area contributed by atoms with Gasteiger partial charge in [-0.3, -0.25) is 9.78 Å². The molecule has 2 aromatic heterocycles. The lowest BCUT2D eigenvalue weighted by Crippen LogP contribution is -2.44. The van der Waals surface area contributed by atoms with Gasteiger partial charge in [-0.25, -0.2) is 4.98 Å². The number of aromatic nitrogens is 3. The van der Waals surface area contributed by atoms with Crippen molar-refractivity contribution >= 4 is 5.91 Å². The van der Waals surface area contributed by atoms with Crippen LogP contribution in [-0.4, -0.2) is 45.5 Å². The number of nitrogens with one attached hydrogen (secondary N) is 1. The Hall–Kier alpha value is -2.21. The topological polar surface area (TPSA) is 71.1 Å². The Bertz CT molecular complexity index is 653. The first-order chi connectivity index (χ1) is 10.2. The van der Waals surface area contributed by atoms with Gasteiger partial charge in [0.05, 0.1) is 13.2 Å². The predicted molar refractivity (Wildman–Crippen MR) is 76.9 cm³/mol. The van der Waals surface area contributed by atoms with Crippen LogP contribution in [0.2, 0.25) is 0 Å². The highest BCUT2D eigenvalue weighted by Gasteiger charge is 2.32. The van der Waals surface area contributed by atoms with Gasteiger partial charge in [0.1, 0.15) is 17.6 Å². The Morgan fingerprint density at radius 2 is 2.29 bits per heavy atom. The van der Waals surface area contributed by atoms with Crippen molar-refractivity contribution in [2.24, 2.45) is 0 Å². The van der Waals surface area contributed by atoms with E-state index in [1.54, 1.807) is 17.3 Å². The molecule has 6 nitrogen and oxygen atoms in total. The average molecular weight is 286 g/mol. The number of hydrogen-bond donors (Lipinski definition) is 1. The molecule has 1 atom stereocenters. The molecule has 21 heavy (non-hydrogen) atoms. The Labute approximate surface area is 123 Å². The fourth-order valence-electron chi connectivity index (χ4n) is 2.52. The molecule has 2 aromatic rings. The zero-order chi connectivity index (χ0) is 14.8. The molecule has 0 saturated carbocycles. The second-order valence-corrected chi connectivity index (χ2v) is 5.21. The van der Waals surface area contributed by atoms with Gasteiger partial charge in [0.15, 0.2) is 0 Å². The first kappa shape index (κ1) is 13.8. The average Bonchev–Trinajstić information content (AvgIpc) is 2.93. The molecule has 1 amide bonds. The van der Waals surface area contributed by atoms with Gasteiger partial charge in [-0.15, -0.1) is 0 Å². The van der Waals surface area contributed by atoms with Crippen LogP contribution in [0.15, 0.2) is 24.5 Å². The predicted octanol–water partition coefficient (Wildman–Crippen LogP) is 1.64. The smallest absolute Gasteiger partial charge is 0.273 e. The third-order valence-corrected chi connectivity index (χ3v) is 3.64. The highest BCUT2D eigenvalue weighted by molar-refractivity contribution is 5.94. The highest BCUT2D eigenvalue weighted by atomic mass is 16.5. The number of morpholine rings is 1. The van der Waals surface area contributed by atoms with Crippen LogP contribution in [0, 0.1) is 13.8 Å². The number of pyridine rings is 1. The van der Waals surface area contributed by atoms with E-state index in [0.29, 0.717) is 25.5 Å². The minimum atomic E-state index is -0.193. The molecule has 1 aliphatic heterocycles. The van der Waals surface area contributed by atoms with Crippen molar-refractivity contribution in [3.8, 4) is 0 Å². The van der Waals surface area contributed by atoms with E-state index in [0.717, 1.165) is 17.1 Å². The Morgan fingerprint density at radius 1 is 1.43 bits per heavy atom. The number of rotatable bonds is 2. The maximum absolute atomic E-state index is 12.8. The molecule has 3 heterocycles. The van der Waals surface area contributed by atoms with Gasteiger partial charge in [-0.2, -0.15) is 0 Å². The summed E-state index contributed by atoms with van der Waals surface area (Å²) in [5, 5.41) is 0. The van der Waals surface area contributed by atoms with Crippen molar-refractivity contribution in [3.05, 3.63) is 47.3 Å². The summed E-state index contributed by atoms with van der Waals surface area (Å²) in [5.41, 5.74) is 2.34. The molecule has 1 fully saturated rings. The van der Waals surface area contributed by atoms with Gasteiger partial charge < -0.3 is 14.6 Å². The van der Waals surface area contributed by atoms with Gasteiger partial charge in [-0.1, -0.05) is 6.07 Å². The van der Waals surface area contributed by atoms with Crippen molar-refractivity contribution in [2.75, 3.05) is 19.8 Å². The van der Waals surface area contributed by atoms with Crippen molar-refractivity contribution in [1.29, 1.82) is 0 Å². The first-order valence-electron chi connectivity index (χ1n) is 6.98. The first-order valence-corrected chi connectivity index (χ1v) is 6.98. The van der Waals surface area contributed by atoms with Crippen molar-refractivity contribution < 1.29 is 9.53 Å². The van der Waals surface area contributed by atoms with E-state index in [9.17, 15) is 4.79 Å². The Balaban J connectivity index is 1.91. The van der Waals surface area contributed by atoms with E-state index in [1.165, 1.54) is 0 Å². The molecule has 0 aromatic carbocycles. The van der Waals surface area contributed by atoms with Gasteiger partial charge in [0, 0.05) is 24.6 Å². The molecule has 6 heteroatoms. The summed E-state index contributed by atoms with van der Waals surface area (Å²) in [4.78, 5) is 26.3. The summed E-state index contributed by atoms with van der Waals surface area (Å²) in [6.07, 6.45) is 3.41. The van der Waals surface area contributed by atoms with E-state index >= 15 is 0 Å². The normalized spacial score (nSPS) is 18.8. The van der Waals surface area contributed by atoms with Gasteiger partial charge in [-0.05, 0) is 25.5 Å². The van der Waals surface area contributed by atoms with Crippen molar-refractivity contribution in [2.45, 2.75) is 19.9 Å². The standard InChI is InChI=1S/C15H18N4O2/c1-10-4-3-5-16-13(10)15(20)19-6-7-21-9-12(19)14-17-8-11(2)18-14/h3-5,8,12H,6-7,9H2,1-2H3,(H,17,18)/t12-/m1/s1. The second kappa shape index (κ2) is 5.65. The Morgan fingerprint density at radius 3 is 3.00 bits per heavy atom. The maximum atomic E-state index is 12.8. The van der Waals surface area contributed by atoms with Crippen LogP contribution in [-0.2, 0) is 4.74 Å². The fourth-order valence-corrected chi connectivity index (χ4v) is 2.52. The zero-order valence-corrected chi connectivity index (χ0v) is 12.2. The largest absolute Gasteiger partial charge is 0.377 e. The summed E-state index contributed by atoms with van der Waals surface area (Å²) in [6, 6.07) is 3.53. The van der Waals surface area contributed by atoms with Crippen LogP contribution in [0.5, 0.6) is 0 Å². The lowest BCUT2D eigenvalue weighted by Gasteiger charge is -2.34. The highest BCUT2D eigenvalue weighted by Crippen LogP contribution is 2.24. The molecule has 1 aliphatic rings. The van der Waals surface area contributed by atoms with Crippen LogP contribution in [0.4, 0.5) is 0 Å². The summed E-state index contributed by atoms with van der Waals surface area (Å²) in [5.74, 6) is 0.685. The zero-order valence-electron chi connectivity index (χ0n) is 12.2. The number of hydrogen-bond acceptors (Lipinski definition) is 4. The van der Waals surface area contributed by atoms with Crippen LogP contribution < -0.4 is 0 Å². The SMILES string of the molecule is Cc1cnc([C@H]2COCCN2C(=O)c2ncccc2C)[nH]1. The lowest BCUT2D eigenvalue weighted by molar-refractivity contribution is -0.00536. The number of amides is 1. The molecule has 1 saturated heterocycles. The molecule has 0 bridgehead atoms. The van der Waals surface area contributed by atoms with Crippen LogP contribution >= 0.6 is 0 Å². The molecule has 0 spiro atoms. The van der Waals surface area contributed by atoms with E-state index in [4.69, 9.17) is 4.74 Å². The van der Waals surface area contributed by atoms with Crippen LogP contribution in [0.1, 0.15) is 33.6 Å². The fraction of sp³-hybridized carbons (Fsp3) is 0.400. The number of ether oxygens (including phenoxy) is 1. The number of imidazole rings is 1. The third kappa shape index (κ3) is 2.67. The lowest BCUT2D eigenvalue weighted by atomic mass is 10.1. The number of aromatic amines is 1. The summed E-state index contributed by atoms with van der Waals surface area (Å²) in [6.45, 7) is 5.36. The van der Waals surface area contributed by atoms with E-state index < -0.39 is 0 Å². The quantitative estimate of drug-likeness (QED) is 0.911. The molecule has 1 N–H and O–H groups in total. The van der Waals surface area contributed by atoms with Crippen LogP contribution in [0.25, 0.3) is 0 Å². The third-order valence-electron chi connectivity index (χ3n) is 3.64. The maximum Gasteiger partial charge on any atom is 0.273 e. The Kier molecular flexibility index (Phi) is 3.70. The van der Waals surface area contributed by atoms with Gasteiger partial charge >= 0.3 is 0 Å². The van der Waals surface area contributed by atoms with Crippen LogP contribution in [0.3, 0.4) is 0 Å². The summed E-state index contributed by atoms with van der Waals surface area (Å²) < 4.78 is 5.52. The number of carbonyl (C=O) groups is 1. The number of aryl methyl sites for hydroxylation is 2. The molecule has 3 rings (SSSR count). The monoisotopic (exact) mass is 286 g/mol. The minimum absolute atomic E-state index is 0.0737. The summed E-state index contributed by atoms with van der Waals surface area (Å²) in [7, 11) is 0. The summed E-state index contributed by atoms with van der Waals surface area (Å²) >= 11 is 0. The molecular weight excluding hydrogens is 268 g/mol. The van der Waals surface area contributed by atoms with Crippen molar-refractivity contribution in [3.63, 3.8) is 0 Å². The molecule has 110 valence electrons.